The Morgan fingerprint density at radius 2 is 1.74 bits per heavy atom. The summed E-state index contributed by atoms with van der Waals surface area (Å²) in [5, 5.41) is 16.4. The Bertz CT molecular complexity index is 1240. The maximum Gasteiger partial charge on any atom is 0.248 e. The minimum atomic E-state index is -0.837. The van der Waals surface area contributed by atoms with Gasteiger partial charge in [-0.25, -0.2) is 0 Å². The molecule has 2 aromatic rings. The van der Waals surface area contributed by atoms with Gasteiger partial charge in [-0.15, -0.1) is 11.8 Å². The van der Waals surface area contributed by atoms with Gasteiger partial charge in [0.2, 0.25) is 17.7 Å². The van der Waals surface area contributed by atoms with Crippen LogP contribution in [0.2, 0.25) is 0 Å². The minimum absolute atomic E-state index is 0.168. The largest absolute Gasteiger partial charge is 0.394 e. The Kier molecular flexibility index (Phi) is 7.41. The van der Waals surface area contributed by atoms with Crippen LogP contribution in [0.25, 0.3) is 0 Å². The van der Waals surface area contributed by atoms with Crippen LogP contribution in [0, 0.1) is 11.8 Å². The molecule has 3 fully saturated rings. The average Bonchev–Trinajstić information content (AvgIpc) is 3.52. The molecule has 1 spiro atoms. The van der Waals surface area contributed by atoms with Crippen LogP contribution in [0.4, 0.5) is 11.4 Å². The smallest absolute Gasteiger partial charge is 0.248 e. The molecule has 3 aliphatic rings. The number of likely N-dealkylation sites (tertiary alicyclic amines) is 1. The lowest BCUT2D eigenvalue weighted by atomic mass is 9.66. The van der Waals surface area contributed by atoms with Crippen molar-refractivity contribution >= 4 is 40.9 Å². The third-order valence-corrected chi connectivity index (χ3v) is 10.9. The maximum atomic E-state index is 14.3. The van der Waals surface area contributed by atoms with E-state index in [0.717, 1.165) is 30.8 Å². The number of carbonyl (C=O) groups is 3. The summed E-state index contributed by atoms with van der Waals surface area (Å²) in [6, 6.07) is 15.5. The molecule has 3 saturated heterocycles. The number of hydrogen-bond acceptors (Lipinski definition) is 6. The Morgan fingerprint density at radius 1 is 1.08 bits per heavy atom. The molecule has 9 heteroatoms. The molecule has 2 aromatic carbocycles. The molecule has 208 valence electrons. The first kappa shape index (κ1) is 27.5. The highest BCUT2D eigenvalue weighted by Gasteiger charge is 2.77. The Labute approximate surface area is 234 Å². The standard InChI is InChI=1S/C30H38N4O4S/c1-5-33(6-2)21-14-12-20(13-15-21)32-27(37)25-30-17-16-29(3,39-30)23(26(36)31-4)24(30)28(38)34(25)22(18-35)19-10-8-7-9-11-19/h7-15,22-25,35H,5-6,16-18H2,1-4H3,(H,31,36)(H,32,37)/t22-,23+,24+,25?,29-,30?/m1/s1. The van der Waals surface area contributed by atoms with Gasteiger partial charge in [0.15, 0.2) is 0 Å². The van der Waals surface area contributed by atoms with Crippen LogP contribution in [0.5, 0.6) is 0 Å². The summed E-state index contributed by atoms with van der Waals surface area (Å²) < 4.78 is -1.19. The van der Waals surface area contributed by atoms with Gasteiger partial charge < -0.3 is 25.5 Å². The fourth-order valence-electron chi connectivity index (χ4n) is 7.14. The highest BCUT2D eigenvalue weighted by Crippen LogP contribution is 2.72. The second-order valence-electron chi connectivity index (χ2n) is 10.9. The van der Waals surface area contributed by atoms with Crippen molar-refractivity contribution in [2.75, 3.05) is 37.0 Å². The average molecular weight is 551 g/mol. The van der Waals surface area contributed by atoms with E-state index in [1.54, 1.807) is 23.7 Å². The lowest BCUT2D eigenvalue weighted by molar-refractivity contribution is -0.142. The van der Waals surface area contributed by atoms with Gasteiger partial charge in [0.25, 0.3) is 0 Å². The van der Waals surface area contributed by atoms with E-state index in [2.05, 4.69) is 29.4 Å². The molecular formula is C30H38N4O4S. The molecule has 0 aliphatic carbocycles. The van der Waals surface area contributed by atoms with Crippen molar-refractivity contribution in [3.05, 3.63) is 60.2 Å². The summed E-state index contributed by atoms with van der Waals surface area (Å²) in [6.07, 6.45) is 1.39. The van der Waals surface area contributed by atoms with E-state index in [9.17, 15) is 19.5 Å². The fraction of sp³-hybridized carbons (Fsp3) is 0.500. The molecule has 5 rings (SSSR count). The maximum absolute atomic E-state index is 14.3. The normalized spacial score (nSPS) is 29.7. The van der Waals surface area contributed by atoms with Gasteiger partial charge in [-0.2, -0.15) is 0 Å². The number of rotatable bonds is 9. The van der Waals surface area contributed by atoms with E-state index in [1.807, 2.05) is 61.5 Å². The number of aliphatic hydroxyl groups excluding tert-OH is 1. The molecule has 3 amide bonds. The van der Waals surface area contributed by atoms with E-state index in [4.69, 9.17) is 0 Å². The van der Waals surface area contributed by atoms with Crippen molar-refractivity contribution in [3.8, 4) is 0 Å². The van der Waals surface area contributed by atoms with E-state index in [0.29, 0.717) is 12.1 Å². The number of aliphatic hydroxyl groups is 1. The zero-order valence-electron chi connectivity index (χ0n) is 23.0. The van der Waals surface area contributed by atoms with Gasteiger partial charge >= 0.3 is 0 Å². The fourth-order valence-corrected chi connectivity index (χ4v) is 9.48. The summed E-state index contributed by atoms with van der Waals surface area (Å²) in [5.74, 6) is -1.87. The zero-order chi connectivity index (χ0) is 27.9. The van der Waals surface area contributed by atoms with Crippen molar-refractivity contribution in [1.82, 2.24) is 10.2 Å². The van der Waals surface area contributed by atoms with Crippen LogP contribution in [-0.2, 0) is 14.4 Å². The summed E-state index contributed by atoms with van der Waals surface area (Å²) >= 11 is 1.62. The SMILES string of the molecule is CCN(CC)c1ccc(NC(=O)C2N([C@H](CO)c3ccccc3)C(=O)[C@@H]3[C@@H](C(=O)NC)[C@@]4(C)CCC23S4)cc1. The highest BCUT2D eigenvalue weighted by atomic mass is 32.2. The number of anilines is 2. The van der Waals surface area contributed by atoms with E-state index in [-0.39, 0.29) is 24.3 Å². The van der Waals surface area contributed by atoms with Crippen LogP contribution >= 0.6 is 11.8 Å². The van der Waals surface area contributed by atoms with Crippen LogP contribution in [0.15, 0.2) is 54.6 Å². The van der Waals surface area contributed by atoms with Crippen molar-refractivity contribution < 1.29 is 19.5 Å². The lowest BCUT2D eigenvalue weighted by Gasteiger charge is -2.37. The highest BCUT2D eigenvalue weighted by molar-refractivity contribution is 8.02. The summed E-state index contributed by atoms with van der Waals surface area (Å²) in [5.41, 5.74) is 2.48. The molecule has 0 radical (unpaired) electrons. The molecule has 6 atom stereocenters. The van der Waals surface area contributed by atoms with E-state index in [1.165, 1.54) is 0 Å². The van der Waals surface area contributed by atoms with Crippen LogP contribution in [-0.4, -0.2) is 70.0 Å². The molecule has 0 saturated carbocycles. The Hall–Kier alpha value is -3.04. The number of nitrogens with one attached hydrogen (secondary N) is 2. The summed E-state index contributed by atoms with van der Waals surface area (Å²) in [7, 11) is 1.60. The van der Waals surface area contributed by atoms with Crippen LogP contribution in [0.3, 0.4) is 0 Å². The monoisotopic (exact) mass is 550 g/mol. The van der Waals surface area contributed by atoms with E-state index >= 15 is 0 Å². The van der Waals surface area contributed by atoms with Gasteiger partial charge in [0.1, 0.15) is 6.04 Å². The predicted molar refractivity (Wildman–Crippen MR) is 155 cm³/mol. The van der Waals surface area contributed by atoms with Gasteiger partial charge in [-0.3, -0.25) is 14.4 Å². The Balaban J connectivity index is 1.55. The quantitative estimate of drug-likeness (QED) is 0.442. The van der Waals surface area contributed by atoms with Gasteiger partial charge in [0, 0.05) is 36.3 Å². The second kappa shape index (κ2) is 10.5. The van der Waals surface area contributed by atoms with Gasteiger partial charge in [-0.05, 0) is 63.4 Å². The number of benzene rings is 2. The third kappa shape index (κ3) is 4.30. The molecule has 3 aliphatic heterocycles. The number of fused-ring (bicyclic) bond motifs is 1. The lowest BCUT2D eigenvalue weighted by Crippen LogP contribution is -2.52. The van der Waals surface area contributed by atoms with Crippen molar-refractivity contribution in [3.63, 3.8) is 0 Å². The minimum Gasteiger partial charge on any atom is -0.394 e. The number of carbonyl (C=O) groups excluding carboxylic acids is 3. The molecular weight excluding hydrogens is 512 g/mol. The number of hydrogen-bond donors (Lipinski definition) is 3. The number of thioether (sulfide) groups is 1. The third-order valence-electron chi connectivity index (χ3n) is 8.95. The second-order valence-corrected chi connectivity index (χ2v) is 12.8. The first-order valence-corrected chi connectivity index (χ1v) is 14.6. The van der Waals surface area contributed by atoms with Crippen molar-refractivity contribution in [2.24, 2.45) is 11.8 Å². The molecule has 39 heavy (non-hydrogen) atoms. The molecule has 0 aromatic heterocycles. The molecule has 2 unspecified atom stereocenters. The van der Waals surface area contributed by atoms with Crippen molar-refractivity contribution in [1.29, 1.82) is 0 Å². The van der Waals surface area contributed by atoms with Gasteiger partial charge in [0.05, 0.1) is 29.2 Å². The number of nitrogens with zero attached hydrogens (tertiary/aromatic N) is 2. The molecule has 3 heterocycles. The Morgan fingerprint density at radius 3 is 2.33 bits per heavy atom. The molecule has 2 bridgehead atoms. The zero-order valence-corrected chi connectivity index (χ0v) is 23.8. The van der Waals surface area contributed by atoms with Gasteiger partial charge in [-0.1, -0.05) is 30.3 Å². The van der Waals surface area contributed by atoms with E-state index < -0.39 is 33.4 Å². The predicted octanol–water partition coefficient (Wildman–Crippen LogP) is 3.43. The topological polar surface area (TPSA) is 102 Å². The first-order valence-electron chi connectivity index (χ1n) is 13.8. The summed E-state index contributed by atoms with van der Waals surface area (Å²) in [4.78, 5) is 45.5. The first-order chi connectivity index (χ1) is 18.7. The van der Waals surface area contributed by atoms with Crippen LogP contribution < -0.4 is 15.5 Å². The molecule has 3 N–H and O–H groups in total. The number of amides is 3. The molecule has 8 nitrogen and oxygen atoms in total. The van der Waals surface area contributed by atoms with Crippen molar-refractivity contribution in [2.45, 2.75) is 55.2 Å². The summed E-state index contributed by atoms with van der Waals surface area (Å²) in [6.45, 7) is 7.69. The van der Waals surface area contributed by atoms with Crippen LogP contribution in [0.1, 0.15) is 45.2 Å².